The average molecular weight is 192 g/mol. The van der Waals surface area contributed by atoms with E-state index in [2.05, 4.69) is 16.9 Å². The van der Waals surface area contributed by atoms with Crippen molar-refractivity contribution < 1.29 is 9.90 Å². The molecule has 4 heteroatoms. The first-order valence-electron chi connectivity index (χ1n) is 4.22. The van der Waals surface area contributed by atoms with E-state index in [1.54, 1.807) is 24.4 Å². The molecule has 1 atom stereocenters. The molecular weight excluding hydrogens is 180 g/mol. The number of rotatable bonds is 5. The lowest BCUT2D eigenvalue weighted by atomic mass is 10.1. The summed E-state index contributed by atoms with van der Waals surface area (Å²) in [6, 6.07) is 2.71. The van der Waals surface area contributed by atoms with Crippen LogP contribution in [0.5, 0.6) is 0 Å². The minimum Gasteiger partial charge on any atom is -0.480 e. The van der Waals surface area contributed by atoms with Gasteiger partial charge in [0.15, 0.2) is 0 Å². The van der Waals surface area contributed by atoms with Gasteiger partial charge in [-0.05, 0) is 11.6 Å². The average Bonchev–Trinajstić information content (AvgIpc) is 2.19. The fourth-order valence-electron chi connectivity index (χ4n) is 1.10. The van der Waals surface area contributed by atoms with E-state index >= 15 is 0 Å². The minimum absolute atomic E-state index is 0.450. The van der Waals surface area contributed by atoms with Crippen LogP contribution in [-0.4, -0.2) is 22.6 Å². The third-order valence-corrected chi connectivity index (χ3v) is 1.73. The molecule has 1 aromatic rings. The summed E-state index contributed by atoms with van der Waals surface area (Å²) in [5.41, 5.74) is 0.641. The summed E-state index contributed by atoms with van der Waals surface area (Å²) in [5, 5.41) is 11.8. The SMILES string of the molecule is C=CCNC(C(=O)O)c1cccnc1. The van der Waals surface area contributed by atoms with Gasteiger partial charge in [0.2, 0.25) is 0 Å². The molecule has 4 nitrogen and oxygen atoms in total. The van der Waals surface area contributed by atoms with Crippen molar-refractivity contribution in [3.05, 3.63) is 42.7 Å². The maximum atomic E-state index is 10.9. The molecule has 14 heavy (non-hydrogen) atoms. The molecule has 0 aromatic carbocycles. The second-order valence-electron chi connectivity index (χ2n) is 2.75. The quantitative estimate of drug-likeness (QED) is 0.683. The van der Waals surface area contributed by atoms with Gasteiger partial charge in [-0.2, -0.15) is 0 Å². The predicted octanol–water partition coefficient (Wildman–Crippen LogP) is 0.983. The Morgan fingerprint density at radius 1 is 1.79 bits per heavy atom. The Labute approximate surface area is 82.3 Å². The number of aliphatic carboxylic acids is 1. The van der Waals surface area contributed by atoms with Crippen molar-refractivity contribution in [2.24, 2.45) is 0 Å². The van der Waals surface area contributed by atoms with Crippen LogP contribution >= 0.6 is 0 Å². The minimum atomic E-state index is -0.917. The second-order valence-corrected chi connectivity index (χ2v) is 2.75. The Morgan fingerprint density at radius 2 is 2.57 bits per heavy atom. The van der Waals surface area contributed by atoms with Gasteiger partial charge in [0.1, 0.15) is 6.04 Å². The number of pyridine rings is 1. The van der Waals surface area contributed by atoms with Gasteiger partial charge in [0, 0.05) is 18.9 Å². The third kappa shape index (κ3) is 2.67. The fraction of sp³-hybridized carbons (Fsp3) is 0.200. The molecule has 1 rings (SSSR count). The molecule has 1 heterocycles. The summed E-state index contributed by atoms with van der Waals surface area (Å²) in [4.78, 5) is 14.7. The molecule has 0 aliphatic rings. The molecule has 2 N–H and O–H groups in total. The third-order valence-electron chi connectivity index (χ3n) is 1.73. The van der Waals surface area contributed by atoms with Crippen LogP contribution in [0, 0.1) is 0 Å². The standard InChI is InChI=1S/C10H12N2O2/c1-2-5-12-9(10(13)14)8-4-3-6-11-7-8/h2-4,6-7,9,12H,1,5H2,(H,13,14). The van der Waals surface area contributed by atoms with Crippen LogP contribution in [0.2, 0.25) is 0 Å². The highest BCUT2D eigenvalue weighted by molar-refractivity contribution is 5.75. The molecule has 1 aromatic heterocycles. The molecule has 0 amide bonds. The van der Waals surface area contributed by atoms with E-state index in [1.165, 1.54) is 6.20 Å². The van der Waals surface area contributed by atoms with Crippen molar-refractivity contribution in [3.63, 3.8) is 0 Å². The van der Waals surface area contributed by atoms with Gasteiger partial charge in [-0.25, -0.2) is 0 Å². The molecular formula is C10H12N2O2. The molecule has 0 spiro atoms. The van der Waals surface area contributed by atoms with Crippen molar-refractivity contribution >= 4 is 5.97 Å². The molecule has 0 aliphatic heterocycles. The summed E-state index contributed by atoms with van der Waals surface area (Å²) in [7, 11) is 0. The molecule has 0 fully saturated rings. The normalized spacial score (nSPS) is 12.0. The van der Waals surface area contributed by atoms with Crippen LogP contribution in [0.3, 0.4) is 0 Å². The Balaban J connectivity index is 2.78. The van der Waals surface area contributed by atoms with Crippen LogP contribution in [0.1, 0.15) is 11.6 Å². The lowest BCUT2D eigenvalue weighted by Gasteiger charge is -2.12. The van der Waals surface area contributed by atoms with E-state index in [1.807, 2.05) is 0 Å². The zero-order chi connectivity index (χ0) is 10.4. The molecule has 0 aliphatic carbocycles. The molecule has 74 valence electrons. The maximum Gasteiger partial charge on any atom is 0.325 e. The highest BCUT2D eigenvalue weighted by Gasteiger charge is 2.17. The molecule has 0 saturated carbocycles. The molecule has 1 unspecified atom stereocenters. The molecule has 0 bridgehead atoms. The summed E-state index contributed by atoms with van der Waals surface area (Å²) in [5.74, 6) is -0.917. The second kappa shape index (κ2) is 5.14. The fourth-order valence-corrected chi connectivity index (χ4v) is 1.10. The maximum absolute atomic E-state index is 10.9. The summed E-state index contributed by atoms with van der Waals surface area (Å²) >= 11 is 0. The Kier molecular flexibility index (Phi) is 3.82. The van der Waals surface area contributed by atoms with Crippen LogP contribution in [-0.2, 0) is 4.79 Å². The van der Waals surface area contributed by atoms with Crippen molar-refractivity contribution in [2.75, 3.05) is 6.54 Å². The van der Waals surface area contributed by atoms with E-state index < -0.39 is 12.0 Å². The number of nitrogens with one attached hydrogen (secondary N) is 1. The monoisotopic (exact) mass is 192 g/mol. The molecule has 0 saturated heterocycles. The van der Waals surface area contributed by atoms with Crippen LogP contribution in [0.25, 0.3) is 0 Å². The van der Waals surface area contributed by atoms with Crippen LogP contribution in [0.15, 0.2) is 37.2 Å². The number of carbonyl (C=O) groups is 1. The van der Waals surface area contributed by atoms with Crippen molar-refractivity contribution in [1.82, 2.24) is 10.3 Å². The number of hydrogen-bond acceptors (Lipinski definition) is 3. The van der Waals surface area contributed by atoms with Gasteiger partial charge in [0.25, 0.3) is 0 Å². The zero-order valence-corrected chi connectivity index (χ0v) is 7.68. The molecule has 0 radical (unpaired) electrons. The van der Waals surface area contributed by atoms with E-state index in [9.17, 15) is 4.79 Å². The number of carboxylic acids is 1. The lowest BCUT2D eigenvalue weighted by molar-refractivity contribution is -0.139. The Bertz CT molecular complexity index is 311. The van der Waals surface area contributed by atoms with E-state index in [-0.39, 0.29) is 0 Å². The van der Waals surface area contributed by atoms with Gasteiger partial charge in [-0.3, -0.25) is 15.1 Å². The Morgan fingerprint density at radius 3 is 3.07 bits per heavy atom. The first-order chi connectivity index (χ1) is 6.75. The zero-order valence-electron chi connectivity index (χ0n) is 7.68. The summed E-state index contributed by atoms with van der Waals surface area (Å²) in [6.07, 6.45) is 4.76. The predicted molar refractivity (Wildman–Crippen MR) is 52.8 cm³/mol. The number of aromatic nitrogens is 1. The summed E-state index contributed by atoms with van der Waals surface area (Å²) in [6.45, 7) is 3.96. The number of nitrogens with zero attached hydrogens (tertiary/aromatic N) is 1. The van der Waals surface area contributed by atoms with Crippen molar-refractivity contribution in [3.8, 4) is 0 Å². The van der Waals surface area contributed by atoms with E-state index in [0.717, 1.165) is 0 Å². The first-order valence-corrected chi connectivity index (χ1v) is 4.22. The van der Waals surface area contributed by atoms with Gasteiger partial charge >= 0.3 is 5.97 Å². The summed E-state index contributed by atoms with van der Waals surface area (Å²) < 4.78 is 0. The number of carboxylic acid groups (broad SMARTS) is 1. The van der Waals surface area contributed by atoms with Crippen LogP contribution < -0.4 is 5.32 Å². The Hall–Kier alpha value is -1.68. The largest absolute Gasteiger partial charge is 0.480 e. The van der Waals surface area contributed by atoms with Crippen molar-refractivity contribution in [2.45, 2.75) is 6.04 Å². The van der Waals surface area contributed by atoms with Gasteiger partial charge in [-0.15, -0.1) is 6.58 Å². The highest BCUT2D eigenvalue weighted by Crippen LogP contribution is 2.10. The number of hydrogen-bond donors (Lipinski definition) is 2. The lowest BCUT2D eigenvalue weighted by Crippen LogP contribution is -2.28. The highest BCUT2D eigenvalue weighted by atomic mass is 16.4. The topological polar surface area (TPSA) is 62.2 Å². The first kappa shape index (κ1) is 10.4. The van der Waals surface area contributed by atoms with E-state index in [0.29, 0.717) is 12.1 Å². The van der Waals surface area contributed by atoms with Crippen molar-refractivity contribution in [1.29, 1.82) is 0 Å². The smallest absolute Gasteiger partial charge is 0.325 e. The van der Waals surface area contributed by atoms with Gasteiger partial charge in [0.05, 0.1) is 0 Å². The van der Waals surface area contributed by atoms with Gasteiger partial charge < -0.3 is 5.11 Å². The van der Waals surface area contributed by atoms with E-state index in [4.69, 9.17) is 5.11 Å². The van der Waals surface area contributed by atoms with Gasteiger partial charge in [-0.1, -0.05) is 12.1 Å². The van der Waals surface area contributed by atoms with Crippen LogP contribution in [0.4, 0.5) is 0 Å².